The number of aliphatic hydroxyl groups is 1. The quantitative estimate of drug-likeness (QED) is 0.331. The lowest BCUT2D eigenvalue weighted by atomic mass is 9.98. The van der Waals surface area contributed by atoms with Crippen LogP contribution in [0.2, 0.25) is 0 Å². The van der Waals surface area contributed by atoms with E-state index >= 15 is 0 Å². The second-order valence-corrected chi connectivity index (χ2v) is 11.5. The molecule has 204 valence electrons. The third kappa shape index (κ3) is 7.80. The van der Waals surface area contributed by atoms with Gasteiger partial charge in [-0.3, -0.25) is 4.90 Å². The number of carboxylic acid groups (broad SMARTS) is 1. The number of amides is 1. The van der Waals surface area contributed by atoms with Gasteiger partial charge in [-0.1, -0.05) is 74.5 Å². The molecule has 0 saturated carbocycles. The molecule has 0 aromatic heterocycles. The van der Waals surface area contributed by atoms with E-state index in [1.807, 2.05) is 74.5 Å². The van der Waals surface area contributed by atoms with Gasteiger partial charge in [0, 0.05) is 19.6 Å². The molecular weight excluding hydrogens is 504 g/mol. The van der Waals surface area contributed by atoms with Gasteiger partial charge < -0.3 is 14.9 Å². The van der Waals surface area contributed by atoms with Crippen LogP contribution in [0.4, 0.5) is 4.79 Å². The molecular formula is C29H36N2O6S. The average molecular weight is 541 g/mol. The van der Waals surface area contributed by atoms with Crippen LogP contribution >= 0.6 is 0 Å². The van der Waals surface area contributed by atoms with Crippen LogP contribution in [0.15, 0.2) is 89.8 Å². The third-order valence-corrected chi connectivity index (χ3v) is 8.08. The monoisotopic (exact) mass is 540 g/mol. The van der Waals surface area contributed by atoms with Gasteiger partial charge in [-0.25, -0.2) is 13.2 Å². The molecule has 1 unspecified atom stereocenters. The number of methoxy groups -OCH3 is 1. The Labute approximate surface area is 225 Å². The lowest BCUT2D eigenvalue weighted by Gasteiger charge is -2.36. The Morgan fingerprint density at radius 2 is 1.42 bits per heavy atom. The second kappa shape index (κ2) is 13.4. The number of hydrogen-bond donors (Lipinski definition) is 2. The van der Waals surface area contributed by atoms with Crippen LogP contribution in [0.5, 0.6) is 5.75 Å². The topological polar surface area (TPSA) is 107 Å². The fourth-order valence-electron chi connectivity index (χ4n) is 4.32. The summed E-state index contributed by atoms with van der Waals surface area (Å²) in [5, 5.41) is 21.7. The van der Waals surface area contributed by atoms with Crippen molar-refractivity contribution >= 4 is 16.1 Å². The van der Waals surface area contributed by atoms with Crippen molar-refractivity contribution in [3.05, 3.63) is 96.1 Å². The molecule has 3 aromatic carbocycles. The Morgan fingerprint density at radius 1 is 0.868 bits per heavy atom. The van der Waals surface area contributed by atoms with Crippen LogP contribution in [0.3, 0.4) is 0 Å². The van der Waals surface area contributed by atoms with Crippen molar-refractivity contribution in [2.24, 2.45) is 5.92 Å². The molecule has 1 amide bonds. The van der Waals surface area contributed by atoms with Crippen LogP contribution < -0.4 is 4.74 Å². The van der Waals surface area contributed by atoms with Gasteiger partial charge in [0.15, 0.2) is 0 Å². The van der Waals surface area contributed by atoms with E-state index in [4.69, 9.17) is 4.74 Å². The lowest BCUT2D eigenvalue weighted by Crippen LogP contribution is -2.52. The van der Waals surface area contributed by atoms with Crippen molar-refractivity contribution in [1.29, 1.82) is 0 Å². The fourth-order valence-corrected chi connectivity index (χ4v) is 5.94. The highest BCUT2D eigenvalue weighted by atomic mass is 32.2. The van der Waals surface area contributed by atoms with Gasteiger partial charge in [0.05, 0.1) is 24.2 Å². The standard InChI is InChI=1S/C29H36N2O6S/c1-22(2)19-30(38(35,36)26-16-14-25(37-3)15-17-26)21-28(32)27(18-23-10-6-4-7-11-23)31(29(33)34)20-24-12-8-5-9-13-24/h4-17,22,27-28,32H,18-21H2,1-3H3,(H,33,34)/t27?,28-/m0/s1. The Kier molecular flexibility index (Phi) is 10.3. The molecule has 2 N–H and O–H groups in total. The van der Waals surface area contributed by atoms with E-state index in [0.29, 0.717) is 5.75 Å². The van der Waals surface area contributed by atoms with Crippen LogP contribution in [-0.2, 0) is 23.0 Å². The summed E-state index contributed by atoms with van der Waals surface area (Å²) in [7, 11) is -2.47. The van der Waals surface area contributed by atoms with Crippen molar-refractivity contribution in [3.8, 4) is 5.75 Å². The summed E-state index contributed by atoms with van der Waals surface area (Å²) in [5.41, 5.74) is 1.61. The first-order valence-corrected chi connectivity index (χ1v) is 14.0. The van der Waals surface area contributed by atoms with Crippen molar-refractivity contribution in [2.75, 3.05) is 20.2 Å². The Hall–Kier alpha value is -3.40. The first-order valence-electron chi connectivity index (χ1n) is 12.5. The van der Waals surface area contributed by atoms with Crippen molar-refractivity contribution in [2.45, 2.75) is 43.9 Å². The molecule has 0 aliphatic carbocycles. The maximum Gasteiger partial charge on any atom is 0.407 e. The highest BCUT2D eigenvalue weighted by Crippen LogP contribution is 2.23. The summed E-state index contributed by atoms with van der Waals surface area (Å²) >= 11 is 0. The predicted molar refractivity (Wildman–Crippen MR) is 147 cm³/mol. The van der Waals surface area contributed by atoms with Gasteiger partial charge in [0.1, 0.15) is 5.75 Å². The van der Waals surface area contributed by atoms with Crippen LogP contribution in [0.1, 0.15) is 25.0 Å². The number of benzene rings is 3. The maximum atomic E-state index is 13.6. The van der Waals surface area contributed by atoms with E-state index < -0.39 is 28.3 Å². The zero-order chi connectivity index (χ0) is 27.7. The molecule has 0 radical (unpaired) electrons. The first kappa shape index (κ1) is 29.2. The lowest BCUT2D eigenvalue weighted by molar-refractivity contribution is 0.0337. The fraction of sp³-hybridized carbons (Fsp3) is 0.345. The van der Waals surface area contributed by atoms with Crippen LogP contribution in [-0.4, -0.2) is 66.3 Å². The van der Waals surface area contributed by atoms with Crippen molar-refractivity contribution in [1.82, 2.24) is 9.21 Å². The van der Waals surface area contributed by atoms with Gasteiger partial charge in [-0.05, 0) is 47.7 Å². The van der Waals surface area contributed by atoms with Crippen molar-refractivity contribution < 1.29 is 28.2 Å². The van der Waals surface area contributed by atoms with Gasteiger partial charge in [0.2, 0.25) is 10.0 Å². The largest absolute Gasteiger partial charge is 0.497 e. The second-order valence-electron chi connectivity index (χ2n) is 9.61. The summed E-state index contributed by atoms with van der Waals surface area (Å²) in [5.74, 6) is 0.503. The van der Waals surface area contributed by atoms with Gasteiger partial charge >= 0.3 is 6.09 Å². The zero-order valence-corrected chi connectivity index (χ0v) is 22.8. The summed E-state index contributed by atoms with van der Waals surface area (Å²) in [4.78, 5) is 13.7. The third-order valence-electron chi connectivity index (χ3n) is 6.23. The highest BCUT2D eigenvalue weighted by molar-refractivity contribution is 7.89. The molecule has 0 spiro atoms. The summed E-state index contributed by atoms with van der Waals surface area (Å²) in [6, 6.07) is 23.6. The van der Waals surface area contributed by atoms with Crippen LogP contribution in [0.25, 0.3) is 0 Å². The van der Waals surface area contributed by atoms with E-state index in [9.17, 15) is 23.4 Å². The number of carbonyl (C=O) groups is 1. The van der Waals surface area contributed by atoms with Gasteiger partial charge in [-0.15, -0.1) is 0 Å². The summed E-state index contributed by atoms with van der Waals surface area (Å²) in [6.45, 7) is 3.74. The molecule has 0 aliphatic rings. The molecule has 9 heteroatoms. The van der Waals surface area contributed by atoms with Gasteiger partial charge in [-0.2, -0.15) is 4.31 Å². The Balaban J connectivity index is 1.96. The first-order chi connectivity index (χ1) is 18.1. The van der Waals surface area contributed by atoms with E-state index in [1.165, 1.54) is 28.4 Å². The minimum atomic E-state index is -3.98. The Morgan fingerprint density at radius 3 is 1.92 bits per heavy atom. The number of ether oxygens (including phenoxy) is 1. The molecule has 3 aromatic rings. The number of nitrogens with zero attached hydrogens (tertiary/aromatic N) is 2. The molecule has 8 nitrogen and oxygen atoms in total. The normalized spacial score (nSPS) is 13.3. The summed E-state index contributed by atoms with van der Waals surface area (Å²) < 4.78 is 33.6. The number of hydrogen-bond acceptors (Lipinski definition) is 5. The maximum absolute atomic E-state index is 13.6. The van der Waals surface area contributed by atoms with E-state index in [-0.39, 0.29) is 36.9 Å². The predicted octanol–water partition coefficient (Wildman–Crippen LogP) is 4.49. The van der Waals surface area contributed by atoms with E-state index in [0.717, 1.165) is 11.1 Å². The molecule has 0 bridgehead atoms. The zero-order valence-electron chi connectivity index (χ0n) is 22.0. The number of rotatable bonds is 13. The average Bonchev–Trinajstić information content (AvgIpc) is 2.91. The molecule has 0 aliphatic heterocycles. The number of sulfonamides is 1. The van der Waals surface area contributed by atoms with Crippen molar-refractivity contribution in [3.63, 3.8) is 0 Å². The molecule has 3 rings (SSSR count). The molecule has 38 heavy (non-hydrogen) atoms. The van der Waals surface area contributed by atoms with Crippen LogP contribution in [0, 0.1) is 5.92 Å². The molecule has 0 fully saturated rings. The number of aliphatic hydroxyl groups excluding tert-OH is 1. The minimum absolute atomic E-state index is 0.0253. The molecule has 0 saturated heterocycles. The van der Waals surface area contributed by atoms with Gasteiger partial charge in [0.25, 0.3) is 0 Å². The summed E-state index contributed by atoms with van der Waals surface area (Å²) in [6.07, 6.45) is -2.26. The van der Waals surface area contributed by atoms with E-state index in [1.54, 1.807) is 12.1 Å². The van der Waals surface area contributed by atoms with E-state index in [2.05, 4.69) is 0 Å². The minimum Gasteiger partial charge on any atom is -0.497 e. The molecule has 0 heterocycles. The Bertz CT molecular complexity index is 1250. The smallest absolute Gasteiger partial charge is 0.407 e. The SMILES string of the molecule is COc1ccc(S(=O)(=O)N(CC(C)C)C[C@H](O)C(Cc2ccccc2)N(Cc2ccccc2)C(=O)O)cc1. The highest BCUT2D eigenvalue weighted by Gasteiger charge is 2.35. The molecule has 2 atom stereocenters.